The number of hydrogen-bond donors (Lipinski definition) is 1. The number of nitrogens with zero attached hydrogens (tertiary/aromatic N) is 2. The third kappa shape index (κ3) is 2.40. The maximum absolute atomic E-state index is 5.62. The highest BCUT2D eigenvalue weighted by atomic mass is 35.5. The Morgan fingerprint density at radius 1 is 1.05 bits per heavy atom. The molecule has 0 unspecified atom stereocenters. The first-order valence-electron chi connectivity index (χ1n) is 6.33. The number of hydrogen-bond acceptors (Lipinski definition) is 1. The Kier molecular flexibility index (Phi) is 3.44. The van der Waals surface area contributed by atoms with Gasteiger partial charge in [-0.3, -0.25) is 0 Å². The van der Waals surface area contributed by atoms with Crippen molar-refractivity contribution in [1.82, 2.24) is 4.57 Å². The fourth-order valence-corrected chi connectivity index (χ4v) is 2.25. The molecule has 0 aliphatic heterocycles. The van der Waals surface area contributed by atoms with Crippen LogP contribution >= 0.6 is 11.6 Å². The Hall–Kier alpha value is -2.26. The van der Waals surface area contributed by atoms with Crippen molar-refractivity contribution in [3.8, 4) is 5.69 Å². The van der Waals surface area contributed by atoms with Crippen LogP contribution in [0, 0.1) is 0 Å². The minimum absolute atomic E-state index is 0.240. The van der Waals surface area contributed by atoms with Crippen molar-refractivity contribution >= 4 is 34.0 Å². The van der Waals surface area contributed by atoms with Gasteiger partial charge < -0.3 is 10.3 Å². The van der Waals surface area contributed by atoms with E-state index in [0.29, 0.717) is 5.84 Å². The van der Waals surface area contributed by atoms with Gasteiger partial charge in [-0.05, 0) is 41.8 Å². The van der Waals surface area contributed by atoms with Crippen molar-refractivity contribution in [2.45, 2.75) is 0 Å². The summed E-state index contributed by atoms with van der Waals surface area (Å²) in [5, 5.41) is 1.22. The Balaban J connectivity index is 1.99. The van der Waals surface area contributed by atoms with Crippen molar-refractivity contribution in [2.75, 3.05) is 5.88 Å². The summed E-state index contributed by atoms with van der Waals surface area (Å²) in [6.45, 7) is 0. The average molecular weight is 284 g/mol. The molecule has 4 heteroatoms. The SMILES string of the molecule is NC(CCl)=Nc1ccc(-n2ccc3ccccc32)cc1. The van der Waals surface area contributed by atoms with Crippen molar-refractivity contribution in [3.05, 3.63) is 60.8 Å². The molecule has 0 radical (unpaired) electrons. The minimum Gasteiger partial charge on any atom is -0.386 e. The summed E-state index contributed by atoms with van der Waals surface area (Å²) in [5.74, 6) is 0.662. The largest absolute Gasteiger partial charge is 0.386 e. The van der Waals surface area contributed by atoms with E-state index in [1.807, 2.05) is 36.4 Å². The molecule has 100 valence electrons. The van der Waals surface area contributed by atoms with Crippen LogP contribution in [0.2, 0.25) is 0 Å². The summed E-state index contributed by atoms with van der Waals surface area (Å²) in [6, 6.07) is 18.3. The fourth-order valence-electron chi connectivity index (χ4n) is 2.19. The van der Waals surface area contributed by atoms with E-state index in [2.05, 4.69) is 34.0 Å². The van der Waals surface area contributed by atoms with Crippen LogP contribution in [0.25, 0.3) is 16.6 Å². The van der Waals surface area contributed by atoms with Gasteiger partial charge in [-0.2, -0.15) is 0 Å². The molecule has 2 N–H and O–H groups in total. The maximum Gasteiger partial charge on any atom is 0.115 e. The fraction of sp³-hybridized carbons (Fsp3) is 0.0625. The first kappa shape index (κ1) is 12.8. The van der Waals surface area contributed by atoms with E-state index in [4.69, 9.17) is 17.3 Å². The number of benzene rings is 2. The van der Waals surface area contributed by atoms with Crippen molar-refractivity contribution in [2.24, 2.45) is 10.7 Å². The highest BCUT2D eigenvalue weighted by molar-refractivity contribution is 6.28. The lowest BCUT2D eigenvalue weighted by molar-refractivity contribution is 1.13. The lowest BCUT2D eigenvalue weighted by Crippen LogP contribution is -2.12. The number of halogens is 1. The van der Waals surface area contributed by atoms with Crippen LogP contribution < -0.4 is 5.73 Å². The second-order valence-corrected chi connectivity index (χ2v) is 4.76. The zero-order valence-corrected chi connectivity index (χ0v) is 11.6. The van der Waals surface area contributed by atoms with Crippen molar-refractivity contribution in [3.63, 3.8) is 0 Å². The first-order chi connectivity index (χ1) is 9.78. The molecule has 1 aromatic heterocycles. The second kappa shape index (κ2) is 5.39. The number of aliphatic imine (C=N–C) groups is 1. The van der Waals surface area contributed by atoms with Crippen LogP contribution in [0.3, 0.4) is 0 Å². The standard InChI is InChI=1S/C16H14ClN3/c17-11-16(18)19-13-5-7-14(8-6-13)20-10-9-12-3-1-2-4-15(12)20/h1-10H,11H2,(H2,18,19). The minimum atomic E-state index is 0.240. The lowest BCUT2D eigenvalue weighted by Gasteiger charge is -2.06. The van der Waals surface area contributed by atoms with Crippen molar-refractivity contribution in [1.29, 1.82) is 0 Å². The lowest BCUT2D eigenvalue weighted by atomic mass is 10.2. The molecule has 3 nitrogen and oxygen atoms in total. The van der Waals surface area contributed by atoms with E-state index < -0.39 is 0 Å². The molecule has 0 bridgehead atoms. The maximum atomic E-state index is 5.62. The summed E-state index contributed by atoms with van der Waals surface area (Å²) < 4.78 is 2.15. The number of alkyl halides is 1. The quantitative estimate of drug-likeness (QED) is 0.443. The number of rotatable bonds is 3. The molecule has 0 aliphatic rings. The Morgan fingerprint density at radius 2 is 1.80 bits per heavy atom. The van der Waals surface area contributed by atoms with Gasteiger partial charge in [-0.25, -0.2) is 4.99 Å². The topological polar surface area (TPSA) is 43.3 Å². The number of nitrogens with two attached hydrogens (primary N) is 1. The van der Waals surface area contributed by atoms with Crippen LogP contribution in [-0.2, 0) is 0 Å². The molecule has 3 rings (SSSR count). The van der Waals surface area contributed by atoms with Gasteiger partial charge >= 0.3 is 0 Å². The molecule has 20 heavy (non-hydrogen) atoms. The van der Waals surface area contributed by atoms with E-state index in [-0.39, 0.29) is 5.88 Å². The van der Waals surface area contributed by atoms with E-state index in [1.165, 1.54) is 10.9 Å². The van der Waals surface area contributed by atoms with Gasteiger partial charge in [0, 0.05) is 11.9 Å². The van der Waals surface area contributed by atoms with Crippen LogP contribution in [0.1, 0.15) is 0 Å². The number of aromatic nitrogens is 1. The Labute approximate surface area is 122 Å². The summed E-state index contributed by atoms with van der Waals surface area (Å²) in [6.07, 6.45) is 2.07. The summed E-state index contributed by atoms with van der Waals surface area (Å²) >= 11 is 5.62. The van der Waals surface area contributed by atoms with Gasteiger partial charge in [0.1, 0.15) is 5.84 Å². The zero-order chi connectivity index (χ0) is 13.9. The normalized spacial score (nSPS) is 11.9. The zero-order valence-electron chi connectivity index (χ0n) is 10.8. The number of para-hydroxylation sites is 1. The molecule has 0 atom stereocenters. The summed E-state index contributed by atoms with van der Waals surface area (Å²) in [7, 11) is 0. The van der Waals surface area contributed by atoms with Gasteiger partial charge in [0.05, 0.1) is 17.1 Å². The monoisotopic (exact) mass is 283 g/mol. The molecular formula is C16H14ClN3. The molecule has 0 aliphatic carbocycles. The smallest absolute Gasteiger partial charge is 0.115 e. The highest BCUT2D eigenvalue weighted by Crippen LogP contribution is 2.22. The van der Waals surface area contributed by atoms with E-state index >= 15 is 0 Å². The average Bonchev–Trinajstić information content (AvgIpc) is 2.92. The van der Waals surface area contributed by atoms with Crippen LogP contribution in [0.5, 0.6) is 0 Å². The molecule has 0 fully saturated rings. The molecule has 2 aromatic carbocycles. The Morgan fingerprint density at radius 3 is 2.55 bits per heavy atom. The van der Waals surface area contributed by atoms with E-state index in [9.17, 15) is 0 Å². The molecule has 0 amide bonds. The summed E-state index contributed by atoms with van der Waals surface area (Å²) in [4.78, 5) is 4.22. The van der Waals surface area contributed by atoms with Gasteiger partial charge in [0.2, 0.25) is 0 Å². The van der Waals surface area contributed by atoms with Gasteiger partial charge in [0.15, 0.2) is 0 Å². The van der Waals surface area contributed by atoms with Crippen LogP contribution in [0.4, 0.5) is 5.69 Å². The number of amidine groups is 1. The van der Waals surface area contributed by atoms with E-state index in [1.54, 1.807) is 0 Å². The van der Waals surface area contributed by atoms with Gasteiger partial charge in [-0.15, -0.1) is 11.6 Å². The molecule has 0 saturated carbocycles. The number of fused-ring (bicyclic) bond motifs is 1. The van der Waals surface area contributed by atoms with Gasteiger partial charge in [0.25, 0.3) is 0 Å². The molecular weight excluding hydrogens is 270 g/mol. The Bertz CT molecular complexity index is 757. The highest BCUT2D eigenvalue weighted by Gasteiger charge is 2.02. The molecule has 1 heterocycles. The van der Waals surface area contributed by atoms with Crippen LogP contribution in [0.15, 0.2) is 65.8 Å². The second-order valence-electron chi connectivity index (χ2n) is 4.50. The third-order valence-corrected chi connectivity index (χ3v) is 3.41. The molecule has 3 aromatic rings. The predicted molar refractivity (Wildman–Crippen MR) is 85.3 cm³/mol. The first-order valence-corrected chi connectivity index (χ1v) is 6.87. The predicted octanol–water partition coefficient (Wildman–Crippen LogP) is 3.86. The molecule has 0 spiro atoms. The van der Waals surface area contributed by atoms with Crippen LogP contribution in [-0.4, -0.2) is 16.3 Å². The third-order valence-electron chi connectivity index (χ3n) is 3.14. The van der Waals surface area contributed by atoms with Gasteiger partial charge in [-0.1, -0.05) is 18.2 Å². The van der Waals surface area contributed by atoms with Crippen molar-refractivity contribution < 1.29 is 0 Å². The molecule has 0 saturated heterocycles. The summed E-state index contributed by atoms with van der Waals surface area (Å²) in [5.41, 5.74) is 8.71. The van der Waals surface area contributed by atoms with E-state index in [0.717, 1.165) is 11.4 Å².